The second-order valence-electron chi connectivity index (χ2n) is 9.56. The van der Waals surface area contributed by atoms with Gasteiger partial charge >= 0.3 is 6.09 Å². The molecule has 5 heteroatoms. The van der Waals surface area contributed by atoms with Crippen LogP contribution in [0.5, 0.6) is 0 Å². The predicted molar refractivity (Wildman–Crippen MR) is 115 cm³/mol. The highest BCUT2D eigenvalue weighted by atomic mass is 16.6. The average Bonchev–Trinajstić information content (AvgIpc) is 3.20. The maximum Gasteiger partial charge on any atom is 0.410 e. The van der Waals surface area contributed by atoms with Gasteiger partial charge in [0.05, 0.1) is 6.42 Å². The number of benzene rings is 1. The van der Waals surface area contributed by atoms with Crippen LogP contribution in [-0.4, -0.2) is 53.1 Å². The Kier molecular flexibility index (Phi) is 7.20. The molecule has 1 saturated heterocycles. The quantitative estimate of drug-likeness (QED) is 0.723. The van der Waals surface area contributed by atoms with Gasteiger partial charge in [0.25, 0.3) is 0 Å². The van der Waals surface area contributed by atoms with Gasteiger partial charge in [-0.05, 0) is 57.9 Å². The van der Waals surface area contributed by atoms with Crippen molar-refractivity contribution in [2.24, 2.45) is 5.92 Å². The highest BCUT2D eigenvalue weighted by Gasteiger charge is 2.32. The maximum absolute atomic E-state index is 13.1. The van der Waals surface area contributed by atoms with Crippen molar-refractivity contribution in [1.82, 2.24) is 9.80 Å². The van der Waals surface area contributed by atoms with Gasteiger partial charge in [-0.3, -0.25) is 4.79 Å². The van der Waals surface area contributed by atoms with E-state index in [9.17, 15) is 9.59 Å². The molecule has 0 bridgehead atoms. The van der Waals surface area contributed by atoms with Crippen LogP contribution in [0.4, 0.5) is 4.79 Å². The monoisotopic (exact) mass is 400 g/mol. The molecule has 0 aromatic heterocycles. The van der Waals surface area contributed by atoms with Gasteiger partial charge in [-0.2, -0.15) is 0 Å². The molecule has 0 spiro atoms. The number of piperidine rings is 1. The third-order valence-corrected chi connectivity index (χ3v) is 6.01. The van der Waals surface area contributed by atoms with E-state index in [1.54, 1.807) is 0 Å². The Bertz CT molecular complexity index is 669. The van der Waals surface area contributed by atoms with Gasteiger partial charge in [-0.1, -0.05) is 43.2 Å². The highest BCUT2D eigenvalue weighted by Crippen LogP contribution is 2.28. The Morgan fingerprint density at radius 2 is 1.66 bits per heavy atom. The second kappa shape index (κ2) is 9.64. The molecule has 0 atom stereocenters. The first-order valence-electron chi connectivity index (χ1n) is 11.1. The van der Waals surface area contributed by atoms with E-state index in [1.807, 2.05) is 56.0 Å². The summed E-state index contributed by atoms with van der Waals surface area (Å²) < 4.78 is 5.50. The lowest BCUT2D eigenvalue weighted by molar-refractivity contribution is -0.133. The minimum atomic E-state index is -0.461. The van der Waals surface area contributed by atoms with E-state index in [-0.39, 0.29) is 12.0 Å². The largest absolute Gasteiger partial charge is 0.444 e. The van der Waals surface area contributed by atoms with Gasteiger partial charge in [0.1, 0.15) is 5.60 Å². The third-order valence-electron chi connectivity index (χ3n) is 6.01. The zero-order valence-corrected chi connectivity index (χ0v) is 18.2. The van der Waals surface area contributed by atoms with Gasteiger partial charge in [0.15, 0.2) is 0 Å². The van der Waals surface area contributed by atoms with Crippen LogP contribution in [0.3, 0.4) is 0 Å². The molecular weight excluding hydrogens is 364 g/mol. The van der Waals surface area contributed by atoms with Crippen molar-refractivity contribution >= 4 is 12.0 Å². The second-order valence-corrected chi connectivity index (χ2v) is 9.56. The minimum absolute atomic E-state index is 0.219. The van der Waals surface area contributed by atoms with Crippen LogP contribution in [0.25, 0.3) is 0 Å². The molecule has 0 radical (unpaired) electrons. The van der Waals surface area contributed by atoms with Gasteiger partial charge in [-0.25, -0.2) is 4.79 Å². The van der Waals surface area contributed by atoms with Crippen molar-refractivity contribution in [1.29, 1.82) is 0 Å². The number of nitrogens with zero attached hydrogens (tertiary/aromatic N) is 2. The molecule has 2 fully saturated rings. The van der Waals surface area contributed by atoms with E-state index in [0.717, 1.165) is 37.8 Å². The number of likely N-dealkylation sites (tertiary alicyclic amines) is 1. The van der Waals surface area contributed by atoms with E-state index < -0.39 is 5.60 Å². The number of amides is 2. The van der Waals surface area contributed by atoms with Crippen LogP contribution in [0.2, 0.25) is 0 Å². The molecule has 3 rings (SSSR count). The number of hydrogen-bond acceptors (Lipinski definition) is 3. The first kappa shape index (κ1) is 21.7. The fraction of sp³-hybridized carbons (Fsp3) is 0.667. The molecule has 0 unspecified atom stereocenters. The van der Waals surface area contributed by atoms with E-state index in [0.29, 0.717) is 31.5 Å². The van der Waals surface area contributed by atoms with E-state index in [4.69, 9.17) is 4.74 Å². The molecule has 1 aliphatic heterocycles. The lowest BCUT2D eigenvalue weighted by atomic mass is 9.95. The standard InChI is InChI=1S/C24H36N2O3/c1-24(2,3)29-23(28)25-15-13-20(14-16-25)18-26(21-11-7-8-12-21)22(27)17-19-9-5-4-6-10-19/h4-6,9-10,20-21H,7-8,11-18H2,1-3H3. The summed E-state index contributed by atoms with van der Waals surface area (Å²) in [5.74, 6) is 0.701. The van der Waals surface area contributed by atoms with Crippen LogP contribution < -0.4 is 0 Å². The number of hydrogen-bond donors (Lipinski definition) is 0. The average molecular weight is 401 g/mol. The molecule has 5 nitrogen and oxygen atoms in total. The molecule has 1 aromatic carbocycles. The fourth-order valence-electron chi connectivity index (χ4n) is 4.45. The highest BCUT2D eigenvalue weighted by molar-refractivity contribution is 5.79. The fourth-order valence-corrected chi connectivity index (χ4v) is 4.45. The summed E-state index contributed by atoms with van der Waals surface area (Å²) in [7, 11) is 0. The Balaban J connectivity index is 1.56. The molecule has 1 saturated carbocycles. The smallest absolute Gasteiger partial charge is 0.410 e. The first-order chi connectivity index (χ1) is 13.8. The van der Waals surface area contributed by atoms with Crippen molar-refractivity contribution < 1.29 is 14.3 Å². The molecule has 1 aromatic rings. The maximum atomic E-state index is 13.1. The molecule has 1 heterocycles. The van der Waals surface area contributed by atoms with Crippen LogP contribution in [0, 0.1) is 5.92 Å². The van der Waals surface area contributed by atoms with E-state index in [2.05, 4.69) is 4.90 Å². The van der Waals surface area contributed by atoms with Gasteiger partial charge < -0.3 is 14.5 Å². The summed E-state index contributed by atoms with van der Waals surface area (Å²) in [6.07, 6.45) is 6.81. The van der Waals surface area contributed by atoms with Gasteiger partial charge in [0.2, 0.25) is 5.91 Å². The molecule has 2 aliphatic rings. The molecule has 1 aliphatic carbocycles. The summed E-state index contributed by atoms with van der Waals surface area (Å²) >= 11 is 0. The molecule has 2 amide bonds. The summed E-state index contributed by atoms with van der Waals surface area (Å²) in [4.78, 5) is 29.4. The van der Waals surface area contributed by atoms with Crippen molar-refractivity contribution in [3.8, 4) is 0 Å². The minimum Gasteiger partial charge on any atom is -0.444 e. The molecule has 160 valence electrons. The van der Waals surface area contributed by atoms with Crippen molar-refractivity contribution in [2.45, 2.75) is 77.4 Å². The number of rotatable bonds is 5. The van der Waals surface area contributed by atoms with Gasteiger partial charge in [0, 0.05) is 25.7 Å². The molecule has 0 N–H and O–H groups in total. The van der Waals surface area contributed by atoms with Crippen LogP contribution in [-0.2, 0) is 16.0 Å². The Hall–Kier alpha value is -2.04. The zero-order chi connectivity index (χ0) is 20.9. The summed E-state index contributed by atoms with van der Waals surface area (Å²) in [6.45, 7) is 7.94. The van der Waals surface area contributed by atoms with Crippen LogP contribution in [0.1, 0.15) is 64.9 Å². The lowest BCUT2D eigenvalue weighted by Gasteiger charge is -2.37. The van der Waals surface area contributed by atoms with E-state index >= 15 is 0 Å². The SMILES string of the molecule is CC(C)(C)OC(=O)N1CCC(CN(C(=O)Cc2ccccc2)C2CCCC2)CC1. The summed E-state index contributed by atoms with van der Waals surface area (Å²) in [6, 6.07) is 10.4. The lowest BCUT2D eigenvalue weighted by Crippen LogP contribution is -2.47. The Morgan fingerprint density at radius 1 is 1.03 bits per heavy atom. The third kappa shape index (κ3) is 6.48. The Morgan fingerprint density at radius 3 is 2.24 bits per heavy atom. The normalized spacial score (nSPS) is 18.7. The van der Waals surface area contributed by atoms with Crippen molar-refractivity contribution in [3.63, 3.8) is 0 Å². The van der Waals surface area contributed by atoms with Crippen molar-refractivity contribution in [2.75, 3.05) is 19.6 Å². The number of carbonyl (C=O) groups is 2. The first-order valence-corrected chi connectivity index (χ1v) is 11.1. The predicted octanol–water partition coefficient (Wildman–Crippen LogP) is 4.65. The van der Waals surface area contributed by atoms with Gasteiger partial charge in [-0.15, -0.1) is 0 Å². The summed E-state index contributed by atoms with van der Waals surface area (Å²) in [5, 5.41) is 0. The van der Waals surface area contributed by atoms with Crippen LogP contribution in [0.15, 0.2) is 30.3 Å². The number of ether oxygens (including phenoxy) is 1. The summed E-state index contributed by atoms with van der Waals surface area (Å²) in [5.41, 5.74) is 0.622. The van der Waals surface area contributed by atoms with Crippen molar-refractivity contribution in [3.05, 3.63) is 35.9 Å². The van der Waals surface area contributed by atoms with Crippen LogP contribution >= 0.6 is 0 Å². The Labute approximate surface area is 175 Å². The zero-order valence-electron chi connectivity index (χ0n) is 18.2. The van der Waals surface area contributed by atoms with E-state index in [1.165, 1.54) is 12.8 Å². The number of carbonyl (C=O) groups excluding carboxylic acids is 2. The molecular formula is C24H36N2O3. The topological polar surface area (TPSA) is 49.9 Å². The molecule has 29 heavy (non-hydrogen) atoms.